The Morgan fingerprint density at radius 2 is 1.87 bits per heavy atom. The minimum Gasteiger partial charge on any atom is -0.322 e. The Balaban J connectivity index is 1.54. The van der Waals surface area contributed by atoms with E-state index < -0.39 is 17.6 Å². The molecule has 4 rings (SSSR count). The van der Waals surface area contributed by atoms with Crippen molar-refractivity contribution in [3.63, 3.8) is 0 Å². The first kappa shape index (κ1) is 28.4. The van der Waals surface area contributed by atoms with Crippen molar-refractivity contribution in [1.29, 1.82) is 0 Å². The van der Waals surface area contributed by atoms with E-state index in [0.29, 0.717) is 29.8 Å². The van der Waals surface area contributed by atoms with Gasteiger partial charge in [-0.2, -0.15) is 13.2 Å². The van der Waals surface area contributed by atoms with E-state index in [0.717, 1.165) is 36.1 Å². The zero-order valence-corrected chi connectivity index (χ0v) is 22.6. The maximum Gasteiger partial charge on any atom is 0.416 e. The number of benzene rings is 2. The number of amidine groups is 1. The zero-order valence-electron chi connectivity index (χ0n) is 22.6. The van der Waals surface area contributed by atoms with Crippen LogP contribution in [0.2, 0.25) is 0 Å². The Morgan fingerprint density at radius 1 is 1.15 bits per heavy atom. The molecule has 2 N–H and O–H groups in total. The number of hydrogen-bond acceptors (Lipinski definition) is 4. The Morgan fingerprint density at radius 3 is 2.54 bits per heavy atom. The third-order valence-electron chi connectivity index (χ3n) is 7.16. The number of nitrogens with one attached hydrogen (secondary N) is 2. The van der Waals surface area contributed by atoms with Gasteiger partial charge in [0, 0.05) is 29.9 Å². The first-order valence-corrected chi connectivity index (χ1v) is 13.1. The number of hydrogen-bond donors (Lipinski definition) is 2. The summed E-state index contributed by atoms with van der Waals surface area (Å²) in [5, 5.41) is 6.20. The number of allylic oxidation sites excluding steroid dienone is 1. The SMILES string of the molecule is C/C=C1/CN(c2cc(NC(=O)c3cccc(C(F)(F)F)c3)ccc2C)C(=O)N(C)/C1=N/C(C)NC1CCCC1. The predicted octanol–water partition coefficient (Wildman–Crippen LogP) is 6.36. The third kappa shape index (κ3) is 6.50. The third-order valence-corrected chi connectivity index (χ3v) is 7.16. The molecule has 7 nitrogen and oxygen atoms in total. The lowest BCUT2D eigenvalue weighted by Crippen LogP contribution is -2.53. The number of alkyl halides is 3. The molecular formula is C29H34F3N5O2. The molecule has 208 valence electrons. The van der Waals surface area contributed by atoms with Crippen LogP contribution in [0.25, 0.3) is 0 Å². The van der Waals surface area contributed by atoms with Crippen LogP contribution in [-0.2, 0) is 6.18 Å². The molecule has 1 heterocycles. The number of carbonyl (C=O) groups excluding carboxylic acids is 2. The molecule has 1 saturated carbocycles. The van der Waals surface area contributed by atoms with Crippen LogP contribution < -0.4 is 15.5 Å². The molecule has 1 unspecified atom stereocenters. The van der Waals surface area contributed by atoms with Crippen molar-refractivity contribution >= 4 is 29.1 Å². The highest BCUT2D eigenvalue weighted by molar-refractivity contribution is 6.15. The second kappa shape index (κ2) is 11.6. The van der Waals surface area contributed by atoms with Crippen molar-refractivity contribution < 1.29 is 22.8 Å². The standard InChI is InChI=1S/C29H34F3N5O2/c1-5-20-17-37(28(39)36(4)26(20)34-19(3)33-23-11-6-7-12-23)25-16-24(14-13-18(25)2)35-27(38)21-9-8-10-22(15-21)29(30,31)32/h5,8-10,13-16,19,23,33H,6-7,11-12,17H2,1-4H3,(H,35,38)/b20-5-,34-26+. The van der Waals surface area contributed by atoms with Gasteiger partial charge in [0.2, 0.25) is 0 Å². The molecule has 0 spiro atoms. The summed E-state index contributed by atoms with van der Waals surface area (Å²) in [4.78, 5) is 34.2. The second-order valence-corrected chi connectivity index (χ2v) is 10.1. The average molecular weight is 542 g/mol. The normalized spacial score (nSPS) is 19.7. The highest BCUT2D eigenvalue weighted by Crippen LogP contribution is 2.31. The highest BCUT2D eigenvalue weighted by atomic mass is 19.4. The van der Waals surface area contributed by atoms with Crippen LogP contribution in [-0.4, -0.2) is 48.5 Å². The van der Waals surface area contributed by atoms with Crippen molar-refractivity contribution in [3.05, 3.63) is 70.8 Å². The molecule has 0 bridgehead atoms. The quantitative estimate of drug-likeness (QED) is 0.447. The van der Waals surface area contributed by atoms with Crippen LogP contribution in [0.5, 0.6) is 0 Å². The predicted molar refractivity (Wildman–Crippen MR) is 147 cm³/mol. The second-order valence-electron chi connectivity index (χ2n) is 10.1. The molecule has 2 aromatic rings. The number of halogens is 3. The van der Waals surface area contributed by atoms with Crippen LogP contribution in [0.15, 0.2) is 59.1 Å². The minimum absolute atomic E-state index is 0.113. The molecule has 1 aliphatic carbocycles. The number of anilines is 2. The molecule has 2 aliphatic rings. The van der Waals surface area contributed by atoms with Crippen LogP contribution in [0.1, 0.15) is 61.0 Å². The first-order valence-electron chi connectivity index (χ1n) is 13.1. The van der Waals surface area contributed by atoms with Gasteiger partial charge < -0.3 is 5.32 Å². The van der Waals surface area contributed by atoms with Gasteiger partial charge in [-0.1, -0.05) is 31.1 Å². The summed E-state index contributed by atoms with van der Waals surface area (Å²) in [5.74, 6) is -0.0614. The Hall–Kier alpha value is -3.66. The maximum absolute atomic E-state index is 13.5. The van der Waals surface area contributed by atoms with E-state index >= 15 is 0 Å². The van der Waals surface area contributed by atoms with Gasteiger partial charge in [0.1, 0.15) is 5.84 Å². The van der Waals surface area contributed by atoms with Gasteiger partial charge in [0.25, 0.3) is 5.91 Å². The van der Waals surface area contributed by atoms with Gasteiger partial charge in [-0.15, -0.1) is 0 Å². The van der Waals surface area contributed by atoms with E-state index in [1.807, 2.05) is 26.8 Å². The number of rotatable bonds is 6. The van der Waals surface area contributed by atoms with Crippen molar-refractivity contribution in [2.75, 3.05) is 23.8 Å². The van der Waals surface area contributed by atoms with Gasteiger partial charge in [0.05, 0.1) is 24.0 Å². The van der Waals surface area contributed by atoms with Crippen LogP contribution in [0.3, 0.4) is 0 Å². The first-order chi connectivity index (χ1) is 18.5. The number of likely N-dealkylation sites (N-methyl/N-ethyl adjacent to an activating group) is 1. The summed E-state index contributed by atoms with van der Waals surface area (Å²) in [6.45, 7) is 6.04. The van der Waals surface area contributed by atoms with Crippen molar-refractivity contribution in [1.82, 2.24) is 10.2 Å². The number of aryl methyl sites for hydroxylation is 1. The van der Waals surface area contributed by atoms with Gasteiger partial charge >= 0.3 is 12.2 Å². The van der Waals surface area contributed by atoms with Crippen molar-refractivity contribution in [3.8, 4) is 0 Å². The summed E-state index contributed by atoms with van der Waals surface area (Å²) in [7, 11) is 1.69. The summed E-state index contributed by atoms with van der Waals surface area (Å²) < 4.78 is 39.3. The van der Waals surface area contributed by atoms with E-state index in [-0.39, 0.29) is 17.8 Å². The molecule has 0 aromatic heterocycles. The summed E-state index contributed by atoms with van der Waals surface area (Å²) >= 11 is 0. The molecule has 2 aromatic carbocycles. The number of urea groups is 1. The summed E-state index contributed by atoms with van der Waals surface area (Å²) in [6, 6.07) is 9.50. The van der Waals surface area contributed by atoms with Crippen LogP contribution in [0, 0.1) is 6.92 Å². The van der Waals surface area contributed by atoms with Crippen molar-refractivity contribution in [2.24, 2.45) is 4.99 Å². The average Bonchev–Trinajstić information content (AvgIpc) is 3.41. The van der Waals surface area contributed by atoms with Crippen LogP contribution in [0.4, 0.5) is 29.3 Å². The molecule has 39 heavy (non-hydrogen) atoms. The Labute approximate surface area is 226 Å². The van der Waals surface area contributed by atoms with Gasteiger partial charge in [-0.3, -0.25) is 19.9 Å². The number of amides is 3. The Bertz CT molecular complexity index is 1300. The highest BCUT2D eigenvalue weighted by Gasteiger charge is 2.34. The van der Waals surface area contributed by atoms with Gasteiger partial charge in [0.15, 0.2) is 0 Å². The largest absolute Gasteiger partial charge is 0.416 e. The smallest absolute Gasteiger partial charge is 0.322 e. The van der Waals surface area contributed by atoms with E-state index in [2.05, 4.69) is 10.6 Å². The van der Waals surface area contributed by atoms with E-state index in [4.69, 9.17) is 4.99 Å². The molecule has 10 heteroatoms. The molecular weight excluding hydrogens is 507 g/mol. The van der Waals surface area contributed by atoms with Gasteiger partial charge in [-0.05, 0) is 69.5 Å². The number of nitrogens with zero attached hydrogens (tertiary/aromatic N) is 3. The summed E-state index contributed by atoms with van der Waals surface area (Å²) in [5.41, 5.74) is 1.63. The fourth-order valence-corrected chi connectivity index (χ4v) is 5.05. The number of aliphatic imine (C=N–C) groups is 1. The van der Waals surface area contributed by atoms with E-state index in [1.165, 1.54) is 29.9 Å². The van der Waals surface area contributed by atoms with Gasteiger partial charge in [-0.25, -0.2) is 9.79 Å². The topological polar surface area (TPSA) is 77.0 Å². The van der Waals surface area contributed by atoms with Crippen molar-refractivity contribution in [2.45, 2.75) is 64.8 Å². The lowest BCUT2D eigenvalue weighted by molar-refractivity contribution is -0.137. The van der Waals surface area contributed by atoms with E-state index in [1.54, 1.807) is 30.1 Å². The lowest BCUT2D eigenvalue weighted by atomic mass is 10.1. The summed E-state index contributed by atoms with van der Waals surface area (Å²) in [6.07, 6.45) is 1.94. The number of carbonyl (C=O) groups is 2. The molecule has 2 fully saturated rings. The Kier molecular flexibility index (Phi) is 8.44. The molecule has 1 atom stereocenters. The fraction of sp³-hybridized carbons (Fsp3) is 0.414. The molecule has 1 saturated heterocycles. The fourth-order valence-electron chi connectivity index (χ4n) is 5.05. The zero-order chi connectivity index (χ0) is 28.3. The maximum atomic E-state index is 13.5. The monoisotopic (exact) mass is 541 g/mol. The lowest BCUT2D eigenvalue weighted by Gasteiger charge is -2.37. The molecule has 3 amide bonds. The molecule has 1 aliphatic heterocycles. The van der Waals surface area contributed by atoms with Crippen LogP contribution >= 0.6 is 0 Å². The molecule has 0 radical (unpaired) electrons. The van der Waals surface area contributed by atoms with E-state index in [9.17, 15) is 22.8 Å². The minimum atomic E-state index is -4.55.